The fraction of sp³-hybridized carbons (Fsp3) is 0.379. The second-order valence-electron chi connectivity index (χ2n) is 12.0. The average Bonchev–Trinajstić information content (AvgIpc) is 3.35. The molecule has 41 heavy (non-hydrogen) atoms. The zero-order valence-corrected chi connectivity index (χ0v) is 23.8. The first-order valence-corrected chi connectivity index (χ1v) is 13.9. The number of nitriles is 1. The molecule has 1 atom stereocenters. The van der Waals surface area contributed by atoms with Crippen molar-refractivity contribution in [3.05, 3.63) is 70.1 Å². The van der Waals surface area contributed by atoms with Crippen molar-refractivity contribution in [2.75, 3.05) is 22.6 Å². The Hall–Kier alpha value is -3.85. The third-order valence-corrected chi connectivity index (χ3v) is 7.97. The number of pyridine rings is 1. The largest absolute Gasteiger partial charge is 0.383 e. The Bertz CT molecular complexity index is 1570. The normalized spacial score (nSPS) is 17.9. The zero-order valence-electron chi connectivity index (χ0n) is 23.0. The minimum atomic E-state index is -2.48. The lowest BCUT2D eigenvalue weighted by Gasteiger charge is -2.25. The number of nitrogens with zero attached hydrogens (tertiary/aromatic N) is 3. The molecule has 1 saturated carbocycles. The molecule has 214 valence electrons. The smallest absolute Gasteiger partial charge is 0.262 e. The first kappa shape index (κ1) is 27.3. The molecule has 1 aromatic heterocycles. The topological polar surface area (TPSA) is 112 Å². The summed E-state index contributed by atoms with van der Waals surface area (Å²) in [5.41, 5.74) is 17.2. The van der Waals surface area contributed by atoms with Gasteiger partial charge < -0.3 is 21.5 Å². The highest BCUT2D eigenvalue weighted by Crippen LogP contribution is 2.47. The lowest BCUT2D eigenvalue weighted by atomic mass is 9.96. The fourth-order valence-electron chi connectivity index (χ4n) is 5.26. The molecule has 0 bridgehead atoms. The van der Waals surface area contributed by atoms with Crippen molar-refractivity contribution in [1.29, 1.82) is 5.26 Å². The molecule has 6 rings (SSSR count). The van der Waals surface area contributed by atoms with E-state index in [9.17, 15) is 14.0 Å². The highest BCUT2D eigenvalue weighted by atomic mass is 35.5. The Kier molecular flexibility index (Phi) is 6.80. The maximum absolute atomic E-state index is 13.9. The average molecular weight is 580 g/mol. The van der Waals surface area contributed by atoms with Crippen LogP contribution in [-0.2, 0) is 6.54 Å². The van der Waals surface area contributed by atoms with E-state index < -0.39 is 18.0 Å². The van der Waals surface area contributed by atoms with E-state index in [0.29, 0.717) is 64.5 Å². The van der Waals surface area contributed by atoms with Gasteiger partial charge in [-0.25, -0.2) is 14.2 Å². The van der Waals surface area contributed by atoms with E-state index in [0.717, 1.165) is 16.8 Å². The van der Waals surface area contributed by atoms with Gasteiger partial charge in [-0.2, -0.15) is 5.26 Å². The SMILES string of the molecule is CC(C)(C)CNc1c(C#N)cnc2c(Cl)cc(N[C@H](C3=CN(C4(C(F)F)CC4)NN3)c3cccc4c3NNC4)cc12. The van der Waals surface area contributed by atoms with Crippen molar-refractivity contribution in [3.63, 3.8) is 0 Å². The van der Waals surface area contributed by atoms with Crippen LogP contribution in [0.1, 0.15) is 56.3 Å². The predicted molar refractivity (Wildman–Crippen MR) is 157 cm³/mol. The van der Waals surface area contributed by atoms with E-state index in [2.05, 4.69) is 64.3 Å². The second-order valence-corrected chi connectivity index (χ2v) is 12.4. The van der Waals surface area contributed by atoms with Crippen molar-refractivity contribution in [2.24, 2.45) is 5.41 Å². The highest BCUT2D eigenvalue weighted by molar-refractivity contribution is 6.35. The highest BCUT2D eigenvalue weighted by Gasteiger charge is 2.56. The van der Waals surface area contributed by atoms with Crippen LogP contribution < -0.4 is 32.4 Å². The molecule has 3 aliphatic rings. The summed E-state index contributed by atoms with van der Waals surface area (Å²) in [4.78, 5) is 4.47. The van der Waals surface area contributed by atoms with Crippen LogP contribution in [0.25, 0.3) is 10.9 Å². The van der Waals surface area contributed by atoms with Crippen LogP contribution in [-0.4, -0.2) is 28.5 Å². The molecule has 12 heteroatoms. The van der Waals surface area contributed by atoms with E-state index >= 15 is 0 Å². The van der Waals surface area contributed by atoms with Crippen molar-refractivity contribution < 1.29 is 8.78 Å². The number of nitrogens with one attached hydrogen (secondary N) is 6. The Labute approximate surface area is 242 Å². The van der Waals surface area contributed by atoms with Gasteiger partial charge >= 0.3 is 0 Å². The van der Waals surface area contributed by atoms with Crippen molar-refractivity contribution in [3.8, 4) is 6.07 Å². The number of aromatic nitrogens is 1. The molecule has 0 radical (unpaired) electrons. The van der Waals surface area contributed by atoms with Crippen molar-refractivity contribution in [1.82, 2.24) is 26.4 Å². The molecule has 0 saturated heterocycles. The number of fused-ring (bicyclic) bond motifs is 2. The van der Waals surface area contributed by atoms with E-state index in [1.807, 2.05) is 24.3 Å². The van der Waals surface area contributed by atoms with Gasteiger partial charge in [-0.3, -0.25) is 9.99 Å². The quantitative estimate of drug-likeness (QED) is 0.198. The lowest BCUT2D eigenvalue weighted by Crippen LogP contribution is -2.48. The van der Waals surface area contributed by atoms with Gasteiger partial charge in [0.05, 0.1) is 39.2 Å². The number of halogens is 3. The van der Waals surface area contributed by atoms with Gasteiger partial charge in [-0.1, -0.05) is 50.6 Å². The summed E-state index contributed by atoms with van der Waals surface area (Å²) < 4.78 is 27.8. The van der Waals surface area contributed by atoms with Crippen LogP contribution in [0.3, 0.4) is 0 Å². The zero-order chi connectivity index (χ0) is 28.9. The molecule has 6 N–H and O–H groups in total. The molecule has 0 unspecified atom stereocenters. The molecule has 3 aromatic rings. The van der Waals surface area contributed by atoms with Gasteiger partial charge in [-0.05, 0) is 36.0 Å². The summed E-state index contributed by atoms with van der Waals surface area (Å²) >= 11 is 6.76. The van der Waals surface area contributed by atoms with Gasteiger partial charge in [0.25, 0.3) is 6.43 Å². The first-order valence-electron chi connectivity index (χ1n) is 13.5. The van der Waals surface area contributed by atoms with Gasteiger partial charge in [-0.15, -0.1) is 5.53 Å². The number of rotatable bonds is 8. The summed E-state index contributed by atoms with van der Waals surface area (Å²) in [5.74, 6) is 0. The monoisotopic (exact) mass is 579 g/mol. The summed E-state index contributed by atoms with van der Waals surface area (Å²) in [6, 6.07) is 11.5. The Morgan fingerprint density at radius 2 is 2.02 bits per heavy atom. The number of hydrazine groups is 3. The van der Waals surface area contributed by atoms with E-state index in [1.54, 1.807) is 12.3 Å². The van der Waals surface area contributed by atoms with Gasteiger partial charge in [0.2, 0.25) is 0 Å². The van der Waals surface area contributed by atoms with Crippen LogP contribution in [0.4, 0.5) is 25.8 Å². The third-order valence-electron chi connectivity index (χ3n) is 7.69. The predicted octanol–water partition coefficient (Wildman–Crippen LogP) is 5.77. The van der Waals surface area contributed by atoms with E-state index in [-0.39, 0.29) is 5.41 Å². The minimum Gasteiger partial charge on any atom is -0.383 e. The number of alkyl halides is 2. The number of benzene rings is 2. The van der Waals surface area contributed by atoms with Crippen molar-refractivity contribution >= 4 is 39.6 Å². The Morgan fingerprint density at radius 3 is 2.73 bits per heavy atom. The first-order chi connectivity index (χ1) is 19.6. The van der Waals surface area contributed by atoms with Crippen LogP contribution in [0.5, 0.6) is 0 Å². The number of para-hydroxylation sites is 1. The molecule has 3 heterocycles. The molecule has 2 aromatic carbocycles. The third kappa shape index (κ3) is 5.07. The molecule has 0 amide bonds. The molecular formula is C29H32ClF2N9. The minimum absolute atomic E-state index is 0.0293. The van der Waals surface area contributed by atoms with Crippen LogP contribution in [0.15, 0.2) is 48.4 Å². The summed E-state index contributed by atoms with van der Waals surface area (Å²) in [6.45, 7) is 7.63. The van der Waals surface area contributed by atoms with E-state index in [4.69, 9.17) is 11.6 Å². The van der Waals surface area contributed by atoms with Crippen LogP contribution in [0, 0.1) is 16.7 Å². The van der Waals surface area contributed by atoms with Crippen LogP contribution >= 0.6 is 11.6 Å². The standard InChI is InChI=1S/C29H32ClF2N9/c1-28(2,3)15-35-23-17(11-33)12-34-25-20(23)9-18(10-21(25)30)37-26(19-6-4-5-16-13-36-39-24(16)19)22-14-41(40-38-22)29(7-8-29)27(31)32/h4-6,9-10,12,14,26-27,36-40H,7-8,13,15H2,1-3H3,(H,34,35)/t26-/m0/s1. The number of anilines is 3. The summed E-state index contributed by atoms with van der Waals surface area (Å²) in [6.07, 6.45) is 1.59. The molecular weight excluding hydrogens is 548 g/mol. The molecule has 1 fully saturated rings. The number of hydrogen-bond acceptors (Lipinski definition) is 9. The Balaban J connectivity index is 1.43. The van der Waals surface area contributed by atoms with Gasteiger partial charge in [0.15, 0.2) is 0 Å². The van der Waals surface area contributed by atoms with Gasteiger partial charge in [0.1, 0.15) is 11.6 Å². The van der Waals surface area contributed by atoms with E-state index in [1.165, 1.54) is 11.2 Å². The maximum atomic E-state index is 13.9. The molecule has 1 aliphatic carbocycles. The Morgan fingerprint density at radius 1 is 1.22 bits per heavy atom. The molecule has 9 nitrogen and oxygen atoms in total. The fourth-order valence-corrected chi connectivity index (χ4v) is 5.52. The summed E-state index contributed by atoms with van der Waals surface area (Å²) in [5, 5.41) is 19.5. The lowest BCUT2D eigenvalue weighted by molar-refractivity contribution is 0.00911. The van der Waals surface area contributed by atoms with Crippen molar-refractivity contribution in [2.45, 2.75) is 58.2 Å². The van der Waals surface area contributed by atoms with Gasteiger partial charge in [0, 0.05) is 42.1 Å². The maximum Gasteiger partial charge on any atom is 0.262 e. The second kappa shape index (κ2) is 10.2. The number of hydrogen-bond donors (Lipinski definition) is 6. The van der Waals surface area contributed by atoms with Crippen LogP contribution in [0.2, 0.25) is 5.02 Å². The molecule has 2 aliphatic heterocycles. The molecule has 0 spiro atoms. The summed E-state index contributed by atoms with van der Waals surface area (Å²) in [7, 11) is 0.